The number of hydrogen-bond donors (Lipinski definition) is 0. The van der Waals surface area contributed by atoms with Crippen LogP contribution in [0.15, 0.2) is 6.20 Å². The second-order valence-electron chi connectivity index (χ2n) is 2.21. The zero-order chi connectivity index (χ0) is 10.9. The Morgan fingerprint density at radius 1 is 1.57 bits per heavy atom. The van der Waals surface area contributed by atoms with Crippen LogP contribution in [0.2, 0.25) is 0 Å². The van der Waals surface area contributed by atoms with Crippen molar-refractivity contribution < 1.29 is 18.1 Å². The van der Waals surface area contributed by atoms with E-state index in [4.69, 9.17) is 0 Å². The highest BCUT2D eigenvalue weighted by molar-refractivity contribution is 14.1. The van der Waals surface area contributed by atoms with Gasteiger partial charge in [-0.25, -0.2) is 18.2 Å². The predicted octanol–water partition coefficient (Wildman–Crippen LogP) is 2.67. The summed E-state index contributed by atoms with van der Waals surface area (Å²) in [6, 6.07) is 0. The smallest absolute Gasteiger partial charge is 0.258 e. The fourth-order valence-corrected chi connectivity index (χ4v) is 1.42. The van der Waals surface area contributed by atoms with Crippen molar-refractivity contribution in [1.29, 1.82) is 0 Å². The van der Waals surface area contributed by atoms with E-state index in [9.17, 15) is 23.3 Å². The van der Waals surface area contributed by atoms with Crippen LogP contribution in [0.1, 0.15) is 12.1 Å². The average molecular weight is 318 g/mol. The molecule has 8 heteroatoms. The third-order valence-electron chi connectivity index (χ3n) is 1.37. The first kappa shape index (κ1) is 11.1. The van der Waals surface area contributed by atoms with Crippen LogP contribution in [-0.2, 0) is 0 Å². The molecule has 0 saturated carbocycles. The fourth-order valence-electron chi connectivity index (χ4n) is 0.803. The van der Waals surface area contributed by atoms with E-state index in [0.717, 1.165) is 0 Å². The van der Waals surface area contributed by atoms with Gasteiger partial charge in [-0.2, -0.15) is 0 Å². The van der Waals surface area contributed by atoms with E-state index >= 15 is 0 Å². The van der Waals surface area contributed by atoms with Crippen LogP contribution in [0.25, 0.3) is 0 Å². The molecule has 1 rings (SSSR count). The highest BCUT2D eigenvalue weighted by atomic mass is 127. The van der Waals surface area contributed by atoms with E-state index in [2.05, 4.69) is 4.98 Å². The van der Waals surface area contributed by atoms with Gasteiger partial charge in [0.2, 0.25) is 0 Å². The Kier molecular flexibility index (Phi) is 3.24. The fraction of sp³-hybridized carbons (Fsp3) is 0.167. The van der Waals surface area contributed by atoms with Gasteiger partial charge < -0.3 is 0 Å². The summed E-state index contributed by atoms with van der Waals surface area (Å²) in [4.78, 5) is 12.3. The number of pyridine rings is 1. The second-order valence-corrected chi connectivity index (χ2v) is 3.29. The lowest BCUT2D eigenvalue weighted by Gasteiger charge is -2.02. The molecule has 0 N–H and O–H groups in total. The van der Waals surface area contributed by atoms with E-state index in [0.29, 0.717) is 6.20 Å². The van der Waals surface area contributed by atoms with Crippen molar-refractivity contribution in [3.8, 4) is 0 Å². The number of rotatable bonds is 2. The first-order valence-corrected chi connectivity index (χ1v) is 4.29. The molecule has 1 aromatic rings. The normalized spacial score (nSPS) is 10.6. The maximum absolute atomic E-state index is 12.8. The van der Waals surface area contributed by atoms with E-state index in [1.807, 2.05) is 0 Å². The van der Waals surface area contributed by atoms with Gasteiger partial charge in [-0.3, -0.25) is 10.1 Å². The molecular weight excluding hydrogens is 316 g/mol. The first-order valence-electron chi connectivity index (χ1n) is 3.21. The number of hydrogen-bond acceptors (Lipinski definition) is 3. The Bertz CT molecular complexity index is 386. The van der Waals surface area contributed by atoms with E-state index < -0.39 is 32.1 Å². The van der Waals surface area contributed by atoms with Crippen LogP contribution in [0.4, 0.5) is 18.9 Å². The Balaban J connectivity index is 3.45. The lowest BCUT2D eigenvalue weighted by molar-refractivity contribution is -0.387. The molecule has 0 saturated heterocycles. The summed E-state index contributed by atoms with van der Waals surface area (Å²) in [7, 11) is 0. The minimum Gasteiger partial charge on any atom is -0.258 e. The zero-order valence-corrected chi connectivity index (χ0v) is 8.53. The molecule has 0 spiro atoms. The number of nitrogens with zero attached hydrogens (tertiary/aromatic N) is 2. The lowest BCUT2D eigenvalue weighted by Crippen LogP contribution is -2.03. The van der Waals surface area contributed by atoms with Gasteiger partial charge in [-0.15, -0.1) is 0 Å². The molecular formula is C6H2F3IN2O2. The number of nitro groups is 1. The Morgan fingerprint density at radius 3 is 2.57 bits per heavy atom. The molecule has 14 heavy (non-hydrogen) atoms. The van der Waals surface area contributed by atoms with Crippen LogP contribution < -0.4 is 0 Å². The minimum absolute atomic E-state index is 0.460. The second kappa shape index (κ2) is 4.07. The highest BCUT2D eigenvalue weighted by Crippen LogP contribution is 2.31. The highest BCUT2D eigenvalue weighted by Gasteiger charge is 2.28. The van der Waals surface area contributed by atoms with Gasteiger partial charge in [0.05, 0.1) is 11.1 Å². The van der Waals surface area contributed by atoms with Crippen molar-refractivity contribution >= 4 is 28.3 Å². The topological polar surface area (TPSA) is 56.0 Å². The average Bonchev–Trinajstić information content (AvgIpc) is 2.08. The van der Waals surface area contributed by atoms with Gasteiger partial charge in [-0.1, -0.05) is 0 Å². The molecule has 0 bridgehead atoms. The summed E-state index contributed by atoms with van der Waals surface area (Å²) >= 11 is 1.29. The molecule has 0 amide bonds. The SMILES string of the molecule is O=[N+]([O-])c1c(C(F)F)ncc(F)c1I. The largest absolute Gasteiger partial charge is 0.312 e. The Hall–Kier alpha value is -0.930. The van der Waals surface area contributed by atoms with Gasteiger partial charge in [0.25, 0.3) is 6.43 Å². The molecule has 4 nitrogen and oxygen atoms in total. The lowest BCUT2D eigenvalue weighted by atomic mass is 10.3. The first-order chi connectivity index (χ1) is 6.45. The summed E-state index contributed by atoms with van der Waals surface area (Å²) in [5.74, 6) is -0.985. The molecule has 0 aliphatic heterocycles. The van der Waals surface area contributed by atoms with Crippen LogP contribution in [-0.4, -0.2) is 9.91 Å². The van der Waals surface area contributed by atoms with E-state index in [1.54, 1.807) is 0 Å². The summed E-state index contributed by atoms with van der Waals surface area (Å²) in [5.41, 5.74) is -1.98. The van der Waals surface area contributed by atoms with Gasteiger partial charge in [0.15, 0.2) is 11.5 Å². The van der Waals surface area contributed by atoms with Gasteiger partial charge in [-0.05, 0) is 22.6 Å². The van der Waals surface area contributed by atoms with Crippen LogP contribution >= 0.6 is 22.6 Å². The van der Waals surface area contributed by atoms with Crippen LogP contribution in [0, 0.1) is 19.5 Å². The molecule has 0 aliphatic carbocycles. The van der Waals surface area contributed by atoms with Gasteiger partial charge in [0.1, 0.15) is 3.57 Å². The molecule has 1 aromatic heterocycles. The standard InChI is InChI=1S/C6H2F3IN2O2/c7-2-1-11-4(6(8)9)5(3(2)10)12(13)14/h1,6H. The quantitative estimate of drug-likeness (QED) is 0.478. The van der Waals surface area contributed by atoms with Crippen molar-refractivity contribution in [1.82, 2.24) is 4.98 Å². The predicted molar refractivity (Wildman–Crippen MR) is 48.5 cm³/mol. The third-order valence-corrected chi connectivity index (χ3v) is 2.39. The molecule has 0 atom stereocenters. The van der Waals surface area contributed by atoms with Crippen LogP contribution in [0.5, 0.6) is 0 Å². The molecule has 1 heterocycles. The summed E-state index contributed by atoms with van der Waals surface area (Å²) in [5, 5.41) is 10.4. The van der Waals surface area contributed by atoms with Crippen molar-refractivity contribution in [2.75, 3.05) is 0 Å². The van der Waals surface area contributed by atoms with Gasteiger partial charge >= 0.3 is 5.69 Å². The van der Waals surface area contributed by atoms with E-state index in [1.165, 1.54) is 22.6 Å². The van der Waals surface area contributed by atoms with E-state index in [-0.39, 0.29) is 0 Å². The van der Waals surface area contributed by atoms with Crippen molar-refractivity contribution in [3.63, 3.8) is 0 Å². The minimum atomic E-state index is -3.09. The summed E-state index contributed by atoms with van der Waals surface area (Å²) in [6.45, 7) is 0. The maximum atomic E-state index is 12.8. The molecule has 0 aromatic carbocycles. The molecule has 0 unspecified atom stereocenters. The third kappa shape index (κ3) is 1.94. The molecule has 0 radical (unpaired) electrons. The zero-order valence-electron chi connectivity index (χ0n) is 6.38. The van der Waals surface area contributed by atoms with Crippen molar-refractivity contribution in [3.05, 3.63) is 31.4 Å². The number of halogens is 4. The van der Waals surface area contributed by atoms with Crippen LogP contribution in [0.3, 0.4) is 0 Å². The monoisotopic (exact) mass is 318 g/mol. The molecule has 0 aliphatic rings. The number of alkyl halides is 2. The van der Waals surface area contributed by atoms with Gasteiger partial charge in [0, 0.05) is 0 Å². The Morgan fingerprint density at radius 2 is 2.14 bits per heavy atom. The van der Waals surface area contributed by atoms with Crippen molar-refractivity contribution in [2.24, 2.45) is 0 Å². The Labute approximate surface area is 89.4 Å². The molecule has 76 valence electrons. The number of aromatic nitrogens is 1. The summed E-state index contributed by atoms with van der Waals surface area (Å²) in [6.07, 6.45) is -2.56. The maximum Gasteiger partial charge on any atom is 0.312 e. The molecule has 0 fully saturated rings. The van der Waals surface area contributed by atoms with Crippen molar-refractivity contribution in [2.45, 2.75) is 6.43 Å². The summed E-state index contributed by atoms with van der Waals surface area (Å²) < 4.78 is 36.7.